The van der Waals surface area contributed by atoms with Crippen molar-refractivity contribution in [2.75, 3.05) is 20.7 Å². The lowest BCUT2D eigenvalue weighted by molar-refractivity contribution is -0.146. The Morgan fingerprint density at radius 3 is 2.53 bits per heavy atom. The van der Waals surface area contributed by atoms with Crippen molar-refractivity contribution in [1.82, 2.24) is 9.91 Å². The highest BCUT2D eigenvalue weighted by Gasteiger charge is 2.28. The van der Waals surface area contributed by atoms with E-state index in [1.807, 2.05) is 0 Å². The van der Waals surface area contributed by atoms with E-state index in [1.165, 1.54) is 19.1 Å². The first-order valence-electron chi connectivity index (χ1n) is 6.08. The van der Waals surface area contributed by atoms with Crippen LogP contribution in [0.1, 0.15) is 26.7 Å². The Morgan fingerprint density at radius 1 is 1.42 bits per heavy atom. The van der Waals surface area contributed by atoms with Crippen LogP contribution >= 0.6 is 0 Å². The summed E-state index contributed by atoms with van der Waals surface area (Å²) in [5.74, 6) is -0.941. The van der Waals surface area contributed by atoms with E-state index in [0.717, 1.165) is 5.01 Å². The van der Waals surface area contributed by atoms with Gasteiger partial charge in [-0.1, -0.05) is 0 Å². The lowest BCUT2D eigenvalue weighted by Crippen LogP contribution is -2.46. The molecule has 106 valence electrons. The smallest absolute Gasteiger partial charge is 0.325 e. The van der Waals surface area contributed by atoms with Crippen molar-refractivity contribution >= 4 is 23.5 Å². The molecule has 0 aromatic carbocycles. The third kappa shape index (κ3) is 3.77. The van der Waals surface area contributed by atoms with E-state index in [1.54, 1.807) is 13.8 Å². The van der Waals surface area contributed by atoms with Crippen LogP contribution in [0.25, 0.3) is 0 Å². The van der Waals surface area contributed by atoms with Crippen LogP contribution in [0.2, 0.25) is 0 Å². The normalized spacial score (nSPS) is 15.3. The molecule has 0 unspecified atom stereocenters. The highest BCUT2D eigenvalue weighted by atomic mass is 16.5. The van der Waals surface area contributed by atoms with Crippen molar-refractivity contribution < 1.29 is 19.1 Å². The quantitative estimate of drug-likeness (QED) is 0.673. The van der Waals surface area contributed by atoms with Gasteiger partial charge in [-0.15, -0.1) is 0 Å². The minimum Gasteiger partial charge on any atom is -0.468 e. The summed E-state index contributed by atoms with van der Waals surface area (Å²) in [4.78, 5) is 36.3. The fraction of sp³-hybridized carbons (Fsp3) is 0.667. The Bertz CT molecular complexity index is 417. The number of carbonyl (C=O) groups excluding carboxylic acids is 3. The molecule has 1 aliphatic heterocycles. The molecule has 1 rings (SSSR count). The van der Waals surface area contributed by atoms with Crippen LogP contribution in [-0.2, 0) is 19.1 Å². The molecule has 0 aromatic rings. The van der Waals surface area contributed by atoms with Gasteiger partial charge in [0.05, 0.1) is 7.11 Å². The number of nitrogens with zero attached hydrogens (tertiary/aromatic N) is 3. The maximum Gasteiger partial charge on any atom is 0.325 e. The summed E-state index contributed by atoms with van der Waals surface area (Å²) < 4.78 is 4.57. The number of ether oxygens (including phenoxy) is 1. The molecule has 1 aliphatic rings. The number of hydrazone groups is 1. The zero-order valence-corrected chi connectivity index (χ0v) is 11.7. The second-order valence-corrected chi connectivity index (χ2v) is 4.57. The molecular formula is C12H19N3O4. The van der Waals surface area contributed by atoms with Crippen LogP contribution in [0.15, 0.2) is 5.10 Å². The molecule has 0 fully saturated rings. The van der Waals surface area contributed by atoms with E-state index in [2.05, 4.69) is 9.84 Å². The van der Waals surface area contributed by atoms with Crippen molar-refractivity contribution in [3.8, 4) is 0 Å². The summed E-state index contributed by atoms with van der Waals surface area (Å²) in [6, 6.07) is -0.155. The largest absolute Gasteiger partial charge is 0.468 e. The van der Waals surface area contributed by atoms with Gasteiger partial charge >= 0.3 is 5.97 Å². The zero-order chi connectivity index (χ0) is 14.6. The average Bonchev–Trinajstić information content (AvgIpc) is 2.37. The predicted molar refractivity (Wildman–Crippen MR) is 68.3 cm³/mol. The van der Waals surface area contributed by atoms with E-state index in [-0.39, 0.29) is 30.8 Å². The monoisotopic (exact) mass is 269 g/mol. The first-order valence-corrected chi connectivity index (χ1v) is 6.08. The maximum absolute atomic E-state index is 12.3. The zero-order valence-electron chi connectivity index (χ0n) is 11.7. The van der Waals surface area contributed by atoms with Gasteiger partial charge in [0.15, 0.2) is 0 Å². The minimum absolute atomic E-state index is 0.121. The van der Waals surface area contributed by atoms with E-state index < -0.39 is 5.97 Å². The molecule has 19 heavy (non-hydrogen) atoms. The number of rotatable bonds is 4. The number of carbonyl (C=O) groups is 3. The average molecular weight is 269 g/mol. The topological polar surface area (TPSA) is 79.3 Å². The molecule has 0 saturated heterocycles. The summed E-state index contributed by atoms with van der Waals surface area (Å²) in [6.45, 7) is 3.49. The molecule has 0 atom stereocenters. The molecule has 7 heteroatoms. The SMILES string of the molecule is COC(=O)CN(C(=O)C1=NN(C)C(=O)CC1)C(C)C. The first kappa shape index (κ1) is 15.1. The summed E-state index contributed by atoms with van der Waals surface area (Å²) in [7, 11) is 2.78. The van der Waals surface area contributed by atoms with Gasteiger partial charge in [0.25, 0.3) is 5.91 Å². The molecule has 2 amide bonds. The molecule has 0 N–H and O–H groups in total. The summed E-state index contributed by atoms with van der Waals surface area (Å²) in [5, 5.41) is 5.12. The molecule has 0 bridgehead atoms. The summed E-state index contributed by atoms with van der Waals surface area (Å²) in [6.07, 6.45) is 0.553. The van der Waals surface area contributed by atoms with Gasteiger partial charge in [0, 0.05) is 25.9 Å². The van der Waals surface area contributed by atoms with Crippen molar-refractivity contribution in [2.24, 2.45) is 5.10 Å². The molecule has 0 spiro atoms. The van der Waals surface area contributed by atoms with Crippen LogP contribution in [0.3, 0.4) is 0 Å². The van der Waals surface area contributed by atoms with Crippen LogP contribution in [-0.4, -0.2) is 60.1 Å². The Balaban J connectivity index is 2.85. The molecule has 0 aliphatic carbocycles. The first-order chi connectivity index (χ1) is 8.86. The highest BCUT2D eigenvalue weighted by molar-refractivity contribution is 6.39. The molecule has 7 nitrogen and oxygen atoms in total. The van der Waals surface area contributed by atoms with Gasteiger partial charge in [-0.3, -0.25) is 14.4 Å². The van der Waals surface area contributed by atoms with Gasteiger partial charge in [-0.05, 0) is 13.8 Å². The Hall–Kier alpha value is -1.92. The fourth-order valence-corrected chi connectivity index (χ4v) is 1.68. The lowest BCUT2D eigenvalue weighted by Gasteiger charge is -2.28. The number of hydrogen-bond acceptors (Lipinski definition) is 5. The Morgan fingerprint density at radius 2 is 2.05 bits per heavy atom. The second kappa shape index (κ2) is 6.31. The van der Waals surface area contributed by atoms with Crippen LogP contribution in [0.5, 0.6) is 0 Å². The molecule has 0 radical (unpaired) electrons. The van der Waals surface area contributed by atoms with Crippen molar-refractivity contribution in [3.05, 3.63) is 0 Å². The maximum atomic E-state index is 12.3. The highest BCUT2D eigenvalue weighted by Crippen LogP contribution is 2.11. The second-order valence-electron chi connectivity index (χ2n) is 4.57. The number of amides is 2. The van der Waals surface area contributed by atoms with Crippen molar-refractivity contribution in [3.63, 3.8) is 0 Å². The standard InChI is InChI=1S/C12H19N3O4/c1-8(2)15(7-11(17)19-4)12(18)9-5-6-10(16)14(3)13-9/h8H,5-7H2,1-4H3. The van der Waals surface area contributed by atoms with E-state index in [4.69, 9.17) is 0 Å². The third-order valence-corrected chi connectivity index (χ3v) is 2.87. The number of esters is 1. The van der Waals surface area contributed by atoms with Crippen LogP contribution in [0.4, 0.5) is 0 Å². The summed E-state index contributed by atoms with van der Waals surface area (Å²) in [5.41, 5.74) is 0.291. The fourth-order valence-electron chi connectivity index (χ4n) is 1.68. The molecule has 1 heterocycles. The van der Waals surface area contributed by atoms with Gasteiger partial charge in [-0.25, -0.2) is 5.01 Å². The van der Waals surface area contributed by atoms with Crippen LogP contribution in [0, 0.1) is 0 Å². The Kier molecular flexibility index (Phi) is 5.02. The lowest BCUT2D eigenvalue weighted by atomic mass is 10.1. The number of methoxy groups -OCH3 is 1. The number of hydrogen-bond donors (Lipinski definition) is 0. The van der Waals surface area contributed by atoms with E-state index in [0.29, 0.717) is 12.1 Å². The van der Waals surface area contributed by atoms with E-state index >= 15 is 0 Å². The van der Waals surface area contributed by atoms with Crippen molar-refractivity contribution in [2.45, 2.75) is 32.7 Å². The van der Waals surface area contributed by atoms with Crippen LogP contribution < -0.4 is 0 Å². The predicted octanol–water partition coefficient (Wildman–Crippen LogP) is 0.00460. The molecular weight excluding hydrogens is 250 g/mol. The van der Waals surface area contributed by atoms with E-state index in [9.17, 15) is 14.4 Å². The molecule has 0 aromatic heterocycles. The van der Waals surface area contributed by atoms with Gasteiger partial charge < -0.3 is 9.64 Å². The Labute approximate surface area is 112 Å². The third-order valence-electron chi connectivity index (χ3n) is 2.87. The summed E-state index contributed by atoms with van der Waals surface area (Å²) >= 11 is 0. The van der Waals surface area contributed by atoms with Crippen molar-refractivity contribution in [1.29, 1.82) is 0 Å². The van der Waals surface area contributed by atoms with Gasteiger partial charge in [-0.2, -0.15) is 5.10 Å². The molecule has 0 saturated carbocycles. The van der Waals surface area contributed by atoms with Gasteiger partial charge in [0.2, 0.25) is 5.91 Å². The van der Waals surface area contributed by atoms with Gasteiger partial charge in [0.1, 0.15) is 12.3 Å². The minimum atomic E-state index is -0.483.